The molecule has 1 aliphatic heterocycles. The Morgan fingerprint density at radius 3 is 2.55 bits per heavy atom. The van der Waals surface area contributed by atoms with Crippen LogP contribution in [0.1, 0.15) is 45.4 Å². The van der Waals surface area contributed by atoms with Gasteiger partial charge in [-0.2, -0.15) is 0 Å². The molecule has 22 heavy (non-hydrogen) atoms. The van der Waals surface area contributed by atoms with E-state index >= 15 is 0 Å². The molecule has 6 nitrogen and oxygen atoms in total. The number of nitrogens with zero attached hydrogens (tertiary/aromatic N) is 1. The number of carbonyl (C=O) groups is 3. The first-order valence-electron chi connectivity index (χ1n) is 7.88. The van der Waals surface area contributed by atoms with Crippen LogP contribution in [0.5, 0.6) is 0 Å². The van der Waals surface area contributed by atoms with Crippen molar-refractivity contribution in [2.75, 3.05) is 18.2 Å². The fourth-order valence-electron chi connectivity index (χ4n) is 3.18. The molecule has 1 saturated heterocycles. The molecule has 0 aromatic rings. The van der Waals surface area contributed by atoms with Gasteiger partial charge in [-0.3, -0.25) is 14.4 Å². The lowest BCUT2D eigenvalue weighted by molar-refractivity contribution is -0.151. The number of carbonyl (C=O) groups excluding carboxylic acids is 2. The van der Waals surface area contributed by atoms with E-state index in [9.17, 15) is 19.5 Å². The van der Waals surface area contributed by atoms with Gasteiger partial charge in [-0.1, -0.05) is 26.2 Å². The average Bonchev–Trinajstić information content (AvgIpc) is 3.02. The fraction of sp³-hybridized carbons (Fsp3) is 0.800. The summed E-state index contributed by atoms with van der Waals surface area (Å²) in [6.45, 7) is 1.94. The van der Waals surface area contributed by atoms with E-state index in [1.807, 2.05) is 0 Å². The van der Waals surface area contributed by atoms with Gasteiger partial charge in [0, 0.05) is 18.7 Å². The van der Waals surface area contributed by atoms with Crippen LogP contribution in [0.2, 0.25) is 0 Å². The molecule has 0 aromatic heterocycles. The Balaban J connectivity index is 1.96. The molecule has 1 heterocycles. The summed E-state index contributed by atoms with van der Waals surface area (Å²) < 4.78 is 0. The molecule has 1 aliphatic carbocycles. The summed E-state index contributed by atoms with van der Waals surface area (Å²) in [6, 6.07) is -0.466. The molecule has 2 amide bonds. The van der Waals surface area contributed by atoms with Crippen LogP contribution in [-0.4, -0.2) is 52.0 Å². The van der Waals surface area contributed by atoms with E-state index in [1.165, 1.54) is 0 Å². The number of carboxylic acid groups (broad SMARTS) is 1. The third kappa shape index (κ3) is 3.56. The van der Waals surface area contributed by atoms with Crippen LogP contribution < -0.4 is 5.32 Å². The minimum absolute atomic E-state index is 0.0317. The van der Waals surface area contributed by atoms with Crippen LogP contribution in [0.3, 0.4) is 0 Å². The molecule has 0 aromatic carbocycles. The molecular weight excluding hydrogens is 304 g/mol. The maximum absolute atomic E-state index is 12.4. The highest BCUT2D eigenvalue weighted by Gasteiger charge is 2.41. The molecule has 1 saturated carbocycles. The van der Waals surface area contributed by atoms with Crippen molar-refractivity contribution in [3.05, 3.63) is 0 Å². The zero-order chi connectivity index (χ0) is 16.2. The standard InChI is InChI=1S/C15H24N2O4S/c1-2-12(18)17-10-22-8-11(17)13(19)16-9-15(14(20)21)6-4-3-5-7-15/h11H,2-10H2,1H3,(H,16,19)(H,20,21). The smallest absolute Gasteiger partial charge is 0.311 e. The molecular formula is C15H24N2O4S. The van der Waals surface area contributed by atoms with Crippen molar-refractivity contribution in [1.29, 1.82) is 0 Å². The predicted octanol–water partition coefficient (Wildman–Crippen LogP) is 1.45. The van der Waals surface area contributed by atoms with Gasteiger partial charge < -0.3 is 15.3 Å². The highest BCUT2D eigenvalue weighted by atomic mass is 32.2. The lowest BCUT2D eigenvalue weighted by atomic mass is 9.74. The summed E-state index contributed by atoms with van der Waals surface area (Å²) in [4.78, 5) is 37.4. The van der Waals surface area contributed by atoms with Gasteiger partial charge in [-0.25, -0.2) is 0 Å². The first-order valence-corrected chi connectivity index (χ1v) is 9.04. The van der Waals surface area contributed by atoms with E-state index in [2.05, 4.69) is 5.32 Å². The number of carboxylic acids is 1. The molecule has 0 bridgehead atoms. The second-order valence-corrected chi connectivity index (χ2v) is 7.10. The minimum Gasteiger partial charge on any atom is -0.481 e. The molecule has 1 unspecified atom stereocenters. The number of rotatable bonds is 5. The number of thioether (sulfide) groups is 1. The van der Waals surface area contributed by atoms with Crippen molar-refractivity contribution in [2.45, 2.75) is 51.5 Å². The Hall–Kier alpha value is -1.24. The Morgan fingerprint density at radius 1 is 1.27 bits per heavy atom. The highest BCUT2D eigenvalue weighted by Crippen LogP contribution is 2.36. The van der Waals surface area contributed by atoms with Crippen LogP contribution in [0.25, 0.3) is 0 Å². The van der Waals surface area contributed by atoms with Gasteiger partial charge in [-0.15, -0.1) is 11.8 Å². The second-order valence-electron chi connectivity index (χ2n) is 6.10. The summed E-state index contributed by atoms with van der Waals surface area (Å²) in [5, 5.41) is 12.3. The first kappa shape index (κ1) is 17.1. The maximum atomic E-state index is 12.4. The van der Waals surface area contributed by atoms with E-state index in [0.29, 0.717) is 30.9 Å². The fourth-order valence-corrected chi connectivity index (χ4v) is 4.36. The average molecular weight is 328 g/mol. The maximum Gasteiger partial charge on any atom is 0.311 e. The third-order valence-electron chi connectivity index (χ3n) is 4.67. The molecule has 1 atom stereocenters. The van der Waals surface area contributed by atoms with E-state index in [4.69, 9.17) is 0 Å². The zero-order valence-electron chi connectivity index (χ0n) is 13.0. The number of aliphatic carboxylic acids is 1. The van der Waals surface area contributed by atoms with Gasteiger partial charge in [0.25, 0.3) is 0 Å². The number of hydrogen-bond donors (Lipinski definition) is 2. The Kier molecular flexibility index (Phi) is 5.72. The largest absolute Gasteiger partial charge is 0.481 e. The van der Waals surface area contributed by atoms with Gasteiger partial charge in [0.15, 0.2) is 0 Å². The SMILES string of the molecule is CCC(=O)N1CSCC1C(=O)NCC1(C(=O)O)CCCCC1. The zero-order valence-corrected chi connectivity index (χ0v) is 13.8. The predicted molar refractivity (Wildman–Crippen MR) is 84.4 cm³/mol. The van der Waals surface area contributed by atoms with Gasteiger partial charge in [0.1, 0.15) is 6.04 Å². The summed E-state index contributed by atoms with van der Waals surface area (Å²) >= 11 is 1.56. The van der Waals surface area contributed by atoms with Gasteiger partial charge in [0.05, 0.1) is 11.3 Å². The molecule has 2 fully saturated rings. The Bertz CT molecular complexity index is 449. The molecule has 2 N–H and O–H groups in total. The molecule has 0 spiro atoms. The van der Waals surface area contributed by atoms with Crippen molar-refractivity contribution < 1.29 is 19.5 Å². The third-order valence-corrected chi connectivity index (χ3v) is 5.69. The van der Waals surface area contributed by atoms with Gasteiger partial charge in [0.2, 0.25) is 11.8 Å². The normalized spacial score (nSPS) is 24.0. The monoisotopic (exact) mass is 328 g/mol. The van der Waals surface area contributed by atoms with Crippen LogP contribution in [0, 0.1) is 5.41 Å². The molecule has 2 aliphatic rings. The summed E-state index contributed by atoms with van der Waals surface area (Å²) in [6.07, 6.45) is 4.44. The number of nitrogens with one attached hydrogen (secondary N) is 1. The first-order chi connectivity index (χ1) is 10.5. The topological polar surface area (TPSA) is 86.7 Å². The van der Waals surface area contributed by atoms with E-state index in [-0.39, 0.29) is 18.4 Å². The van der Waals surface area contributed by atoms with E-state index < -0.39 is 17.4 Å². The molecule has 2 rings (SSSR count). The minimum atomic E-state index is -0.834. The van der Waals surface area contributed by atoms with E-state index in [1.54, 1.807) is 23.6 Å². The lowest BCUT2D eigenvalue weighted by Gasteiger charge is -2.34. The summed E-state index contributed by atoms with van der Waals surface area (Å²) in [7, 11) is 0. The van der Waals surface area contributed by atoms with Crippen molar-refractivity contribution in [3.8, 4) is 0 Å². The molecule has 0 radical (unpaired) electrons. The quantitative estimate of drug-likeness (QED) is 0.798. The summed E-state index contributed by atoms with van der Waals surface area (Å²) in [5.74, 6) is 0.0375. The Morgan fingerprint density at radius 2 is 1.95 bits per heavy atom. The van der Waals surface area contributed by atoms with Crippen LogP contribution in [0.4, 0.5) is 0 Å². The molecule has 124 valence electrons. The van der Waals surface area contributed by atoms with Crippen molar-refractivity contribution >= 4 is 29.5 Å². The molecule has 7 heteroatoms. The van der Waals surface area contributed by atoms with E-state index in [0.717, 1.165) is 19.3 Å². The highest BCUT2D eigenvalue weighted by molar-refractivity contribution is 7.99. The van der Waals surface area contributed by atoms with Crippen LogP contribution in [-0.2, 0) is 14.4 Å². The van der Waals surface area contributed by atoms with Crippen molar-refractivity contribution in [3.63, 3.8) is 0 Å². The van der Waals surface area contributed by atoms with Crippen molar-refractivity contribution in [1.82, 2.24) is 10.2 Å². The summed E-state index contributed by atoms with van der Waals surface area (Å²) in [5.41, 5.74) is -0.834. The number of amides is 2. The van der Waals surface area contributed by atoms with Gasteiger partial charge >= 0.3 is 5.97 Å². The van der Waals surface area contributed by atoms with Gasteiger partial charge in [-0.05, 0) is 12.8 Å². The van der Waals surface area contributed by atoms with Crippen molar-refractivity contribution in [2.24, 2.45) is 5.41 Å². The number of hydrogen-bond acceptors (Lipinski definition) is 4. The lowest BCUT2D eigenvalue weighted by Crippen LogP contribution is -2.51. The van der Waals surface area contributed by atoms with Crippen LogP contribution in [0.15, 0.2) is 0 Å². The second kappa shape index (κ2) is 7.35. The van der Waals surface area contributed by atoms with Crippen LogP contribution >= 0.6 is 11.8 Å². The Labute approximate surface area is 135 Å².